The van der Waals surface area contributed by atoms with E-state index < -0.39 is 71.1 Å². The van der Waals surface area contributed by atoms with Gasteiger partial charge < -0.3 is 33.9 Å². The summed E-state index contributed by atoms with van der Waals surface area (Å²) in [5.41, 5.74) is -2.20. The van der Waals surface area contributed by atoms with Crippen molar-refractivity contribution in [2.75, 3.05) is 6.61 Å². The van der Waals surface area contributed by atoms with E-state index in [1.807, 2.05) is 26.8 Å². The van der Waals surface area contributed by atoms with Gasteiger partial charge in [0.1, 0.15) is 17.8 Å². The van der Waals surface area contributed by atoms with Gasteiger partial charge in [0.05, 0.1) is 30.5 Å². The topological polar surface area (TPSA) is 121 Å². The zero-order chi connectivity index (χ0) is 29.5. The number of carbonyl (C=O) groups is 2. The number of carbonyl (C=O) groups excluding carboxylic acids is 2. The molecular formula is C32H40O9. The second kappa shape index (κ2) is 9.74. The minimum Gasteiger partial charge on any atom is -0.455 e. The molecule has 0 spiro atoms. The van der Waals surface area contributed by atoms with Gasteiger partial charge in [-0.25, -0.2) is 4.79 Å². The largest absolute Gasteiger partial charge is 0.455 e. The van der Waals surface area contributed by atoms with Crippen molar-refractivity contribution >= 4 is 11.9 Å². The summed E-state index contributed by atoms with van der Waals surface area (Å²) in [5.74, 6) is -1.69. The van der Waals surface area contributed by atoms with Gasteiger partial charge in [-0.2, -0.15) is 0 Å². The third kappa shape index (κ3) is 4.00. The lowest BCUT2D eigenvalue weighted by atomic mass is 9.45. The molecule has 41 heavy (non-hydrogen) atoms. The zero-order valence-electron chi connectivity index (χ0n) is 24.2. The molecule has 5 aliphatic rings. The number of hydrogen-bond acceptors (Lipinski definition) is 9. The van der Waals surface area contributed by atoms with Gasteiger partial charge in [-0.05, 0) is 36.3 Å². The number of rotatable bonds is 4. The van der Waals surface area contributed by atoms with Crippen molar-refractivity contribution < 1.29 is 43.5 Å². The summed E-state index contributed by atoms with van der Waals surface area (Å²) < 4.78 is 31.5. The Labute approximate surface area is 240 Å². The summed E-state index contributed by atoms with van der Waals surface area (Å²) in [7, 11) is 0. The molecule has 0 amide bonds. The van der Waals surface area contributed by atoms with E-state index in [4.69, 9.17) is 23.7 Å². The van der Waals surface area contributed by atoms with Crippen LogP contribution in [0, 0.1) is 22.7 Å². The molecule has 2 saturated heterocycles. The molecule has 9 heteroatoms. The van der Waals surface area contributed by atoms with Crippen LogP contribution in [0.15, 0.2) is 54.1 Å². The molecule has 4 fully saturated rings. The van der Waals surface area contributed by atoms with Gasteiger partial charge in [-0.3, -0.25) is 4.79 Å². The number of esters is 2. The fraction of sp³-hybridized carbons (Fsp3) is 0.625. The Balaban J connectivity index is 1.61. The first-order valence-electron chi connectivity index (χ1n) is 14.4. The Morgan fingerprint density at radius 2 is 1.83 bits per heavy atom. The molecule has 2 heterocycles. The van der Waals surface area contributed by atoms with Crippen LogP contribution in [0.3, 0.4) is 0 Å². The Morgan fingerprint density at radius 1 is 1.12 bits per heavy atom. The molecule has 1 unspecified atom stereocenters. The number of aliphatic hydroxyl groups is 2. The third-order valence-electron chi connectivity index (χ3n) is 10.8. The molecule has 6 rings (SSSR count). The predicted octanol–water partition coefficient (Wildman–Crippen LogP) is 3.33. The van der Waals surface area contributed by atoms with E-state index >= 15 is 0 Å². The molecule has 2 saturated carbocycles. The summed E-state index contributed by atoms with van der Waals surface area (Å²) >= 11 is 0. The summed E-state index contributed by atoms with van der Waals surface area (Å²) in [5, 5.41) is 24.4. The Kier molecular flexibility index (Phi) is 6.78. The smallest absolute Gasteiger partial charge is 0.338 e. The first-order chi connectivity index (χ1) is 19.3. The Hall–Kier alpha value is -2.56. The van der Waals surface area contributed by atoms with Crippen molar-refractivity contribution in [3.63, 3.8) is 0 Å². The summed E-state index contributed by atoms with van der Waals surface area (Å²) in [4.78, 5) is 26.4. The highest BCUT2D eigenvalue weighted by Gasteiger charge is 2.74. The fourth-order valence-electron chi connectivity index (χ4n) is 8.52. The highest BCUT2D eigenvalue weighted by atomic mass is 16.7. The maximum absolute atomic E-state index is 13.7. The number of aliphatic hydroxyl groups excluding tert-OH is 1. The SMILES string of the molecule is C=CC1O[C@H]2C[C@H]3OC[C@H]3[C@H]3[C@H](OC(=O)c4ccccc4)[C@]4(O)C[C@H](O)C(C)=C([C@H](OC(C)=O)[C@H](O1)[C@@]32C)C4(C)C. The molecule has 2 aliphatic heterocycles. The van der Waals surface area contributed by atoms with E-state index in [1.165, 1.54) is 6.92 Å². The van der Waals surface area contributed by atoms with Crippen LogP contribution < -0.4 is 0 Å². The zero-order valence-corrected chi connectivity index (χ0v) is 24.2. The maximum atomic E-state index is 13.7. The first-order valence-corrected chi connectivity index (χ1v) is 14.4. The predicted molar refractivity (Wildman–Crippen MR) is 146 cm³/mol. The van der Waals surface area contributed by atoms with Gasteiger partial charge in [0.15, 0.2) is 12.4 Å². The van der Waals surface area contributed by atoms with E-state index in [2.05, 4.69) is 6.58 Å². The van der Waals surface area contributed by atoms with Gasteiger partial charge in [-0.1, -0.05) is 45.5 Å². The molecule has 0 radical (unpaired) electrons. The standard InChI is InChI=1S/C32H40O9/c1-7-23-39-22-13-21-19(15-37-21)25-27(41-29(35)18-11-9-8-10-12-18)32(36)14-20(34)16(2)24(30(32,4)5)26(38-17(3)33)28(40-23)31(22,25)6/h7-12,19-23,25-28,34,36H,1,13-15H2,2-6H3/t19-,20+,21-,22+,23?,25+,26+,27+,28+,31-,32-/m1/s1. The summed E-state index contributed by atoms with van der Waals surface area (Å²) in [6.45, 7) is 13.2. The molecule has 1 aromatic rings. The van der Waals surface area contributed by atoms with Crippen LogP contribution >= 0.6 is 0 Å². The van der Waals surface area contributed by atoms with E-state index in [0.29, 0.717) is 29.7 Å². The van der Waals surface area contributed by atoms with Crippen LogP contribution in [0.1, 0.15) is 57.8 Å². The summed E-state index contributed by atoms with van der Waals surface area (Å²) in [6.07, 6.45) is -3.15. The fourth-order valence-corrected chi connectivity index (χ4v) is 8.52. The van der Waals surface area contributed by atoms with Crippen molar-refractivity contribution in [3.05, 3.63) is 59.7 Å². The Bertz CT molecular complexity index is 1270. The lowest BCUT2D eigenvalue weighted by Gasteiger charge is -2.68. The van der Waals surface area contributed by atoms with Gasteiger partial charge in [0.25, 0.3) is 0 Å². The number of ether oxygens (including phenoxy) is 5. The van der Waals surface area contributed by atoms with Crippen LogP contribution in [0.2, 0.25) is 0 Å². The van der Waals surface area contributed by atoms with E-state index in [0.717, 1.165) is 0 Å². The van der Waals surface area contributed by atoms with Crippen LogP contribution in [0.4, 0.5) is 0 Å². The molecule has 0 aromatic heterocycles. The molecule has 1 aromatic carbocycles. The number of hydrogen-bond donors (Lipinski definition) is 2. The first kappa shape index (κ1) is 28.6. The highest BCUT2D eigenvalue weighted by molar-refractivity contribution is 5.89. The normalized spacial score (nSPS) is 44.2. The minimum absolute atomic E-state index is 0.0635. The second-order valence-electron chi connectivity index (χ2n) is 13.0. The average molecular weight is 569 g/mol. The van der Waals surface area contributed by atoms with Gasteiger partial charge in [0, 0.05) is 42.4 Å². The van der Waals surface area contributed by atoms with Crippen LogP contribution in [0.5, 0.6) is 0 Å². The van der Waals surface area contributed by atoms with Crippen molar-refractivity contribution in [1.29, 1.82) is 0 Å². The third-order valence-corrected chi connectivity index (χ3v) is 10.8. The average Bonchev–Trinajstić information content (AvgIpc) is 2.91. The van der Waals surface area contributed by atoms with Crippen molar-refractivity contribution in [1.82, 2.24) is 0 Å². The highest BCUT2D eigenvalue weighted by Crippen LogP contribution is 2.65. The van der Waals surface area contributed by atoms with Crippen LogP contribution in [0.25, 0.3) is 0 Å². The lowest BCUT2D eigenvalue weighted by molar-refractivity contribution is -0.371. The van der Waals surface area contributed by atoms with Gasteiger partial charge >= 0.3 is 11.9 Å². The number of fused-ring (bicyclic) bond motifs is 4. The molecule has 3 aliphatic carbocycles. The monoisotopic (exact) mass is 568 g/mol. The molecule has 2 bridgehead atoms. The van der Waals surface area contributed by atoms with Crippen LogP contribution in [-0.4, -0.2) is 77.3 Å². The lowest BCUT2D eigenvalue weighted by Crippen LogP contribution is -2.77. The quantitative estimate of drug-likeness (QED) is 0.416. The summed E-state index contributed by atoms with van der Waals surface area (Å²) in [6, 6.07) is 8.68. The molecule has 11 atom stereocenters. The van der Waals surface area contributed by atoms with E-state index in [-0.39, 0.29) is 18.4 Å². The van der Waals surface area contributed by atoms with Gasteiger partial charge in [-0.15, -0.1) is 0 Å². The molecule has 2 N–H and O–H groups in total. The molecular weight excluding hydrogens is 528 g/mol. The van der Waals surface area contributed by atoms with E-state index in [9.17, 15) is 19.8 Å². The minimum atomic E-state index is -1.74. The van der Waals surface area contributed by atoms with Crippen molar-refractivity contribution in [2.24, 2.45) is 22.7 Å². The van der Waals surface area contributed by atoms with Crippen molar-refractivity contribution in [2.45, 2.75) is 96.0 Å². The van der Waals surface area contributed by atoms with Crippen LogP contribution in [-0.2, 0) is 28.5 Å². The maximum Gasteiger partial charge on any atom is 0.338 e. The molecule has 9 nitrogen and oxygen atoms in total. The van der Waals surface area contributed by atoms with E-state index in [1.54, 1.807) is 37.3 Å². The Morgan fingerprint density at radius 3 is 2.44 bits per heavy atom. The second-order valence-corrected chi connectivity index (χ2v) is 13.0. The molecule has 222 valence electrons. The van der Waals surface area contributed by atoms with Crippen molar-refractivity contribution in [3.8, 4) is 0 Å². The number of benzene rings is 1. The van der Waals surface area contributed by atoms with Gasteiger partial charge in [0.2, 0.25) is 0 Å².